The summed E-state index contributed by atoms with van der Waals surface area (Å²) in [5, 5.41) is 7.82. The van der Waals surface area contributed by atoms with Crippen LogP contribution in [0, 0.1) is 0 Å². The number of amides is 1. The van der Waals surface area contributed by atoms with Gasteiger partial charge in [0.2, 0.25) is 0 Å². The van der Waals surface area contributed by atoms with Crippen molar-refractivity contribution in [2.45, 2.75) is 0 Å². The lowest BCUT2D eigenvalue weighted by Crippen LogP contribution is -2.27. The average molecular weight is 145 g/mol. The maximum absolute atomic E-state index is 11.2. The molecule has 0 bridgehead atoms. The van der Waals surface area contributed by atoms with Crippen molar-refractivity contribution in [2.24, 2.45) is 0 Å². The molecule has 0 saturated carbocycles. The van der Waals surface area contributed by atoms with Crippen LogP contribution in [-0.4, -0.2) is 29.7 Å². The molecule has 0 radical (unpaired) electrons. The quantitative estimate of drug-likeness (QED) is 0.588. The van der Waals surface area contributed by atoms with Crippen molar-refractivity contribution >= 4 is 6.09 Å². The predicted octanol–water partition coefficient (Wildman–Crippen LogP) is 0.973. The number of alkyl halides is 2. The molecular weight excluding hydrogens is 139 g/mol. The van der Waals surface area contributed by atoms with E-state index in [2.05, 4.69) is 0 Å². The second kappa shape index (κ2) is 5.20. The highest BCUT2D eigenvalue weighted by molar-refractivity contribution is 5.64. The van der Waals surface area contributed by atoms with Gasteiger partial charge >= 0.3 is 6.09 Å². The smallest absolute Gasteiger partial charge is 0.411 e. The number of halogens is 3. The van der Waals surface area contributed by atoms with E-state index in [0.29, 0.717) is 0 Å². The topological polar surface area (TPSA) is 40.5 Å². The van der Waals surface area contributed by atoms with Gasteiger partial charge in [-0.3, -0.25) is 9.60 Å². The standard InChI is InChI=1S/C3H5F2NO2.FH/c4-1-6(2-5)3(7)8;/h1-2H2,(H,7,8);1H. The Kier molecular flexibility index (Phi) is 6.32. The Morgan fingerprint density at radius 2 is 1.78 bits per heavy atom. The first-order valence-electron chi connectivity index (χ1n) is 1.82. The second-order valence-corrected chi connectivity index (χ2v) is 1.06. The zero-order valence-electron chi connectivity index (χ0n) is 4.38. The van der Waals surface area contributed by atoms with Gasteiger partial charge < -0.3 is 5.11 Å². The van der Waals surface area contributed by atoms with Crippen molar-refractivity contribution in [3.05, 3.63) is 0 Å². The van der Waals surface area contributed by atoms with Gasteiger partial charge in [-0.25, -0.2) is 13.6 Å². The molecule has 0 heterocycles. The molecule has 0 aromatic carbocycles. The Balaban J connectivity index is 0. The Labute approximate surface area is 49.2 Å². The highest BCUT2D eigenvalue weighted by Gasteiger charge is 2.07. The van der Waals surface area contributed by atoms with Gasteiger partial charge in [-0.15, -0.1) is 0 Å². The molecule has 0 aliphatic heterocycles. The van der Waals surface area contributed by atoms with Gasteiger partial charge in [0.25, 0.3) is 0 Å². The number of rotatable bonds is 2. The molecule has 0 aromatic rings. The van der Waals surface area contributed by atoms with Crippen LogP contribution in [0.4, 0.5) is 18.3 Å². The summed E-state index contributed by atoms with van der Waals surface area (Å²) in [6, 6.07) is 0. The predicted molar refractivity (Wildman–Crippen MR) is 24.3 cm³/mol. The summed E-state index contributed by atoms with van der Waals surface area (Å²) in [7, 11) is 0. The third kappa shape index (κ3) is 3.63. The van der Waals surface area contributed by atoms with E-state index in [1.165, 1.54) is 0 Å². The zero-order valence-corrected chi connectivity index (χ0v) is 4.38. The van der Waals surface area contributed by atoms with Crippen LogP contribution in [0.15, 0.2) is 0 Å². The molecule has 0 saturated heterocycles. The van der Waals surface area contributed by atoms with Crippen molar-refractivity contribution in [3.8, 4) is 0 Å². The van der Waals surface area contributed by atoms with E-state index in [-0.39, 0.29) is 9.60 Å². The highest BCUT2D eigenvalue weighted by Crippen LogP contribution is 1.88. The van der Waals surface area contributed by atoms with Crippen molar-refractivity contribution in [1.29, 1.82) is 0 Å². The van der Waals surface area contributed by atoms with Crippen molar-refractivity contribution in [2.75, 3.05) is 13.6 Å². The van der Waals surface area contributed by atoms with E-state index < -0.39 is 19.7 Å². The number of carboxylic acid groups (broad SMARTS) is 1. The summed E-state index contributed by atoms with van der Waals surface area (Å²) in [6.07, 6.45) is -1.59. The maximum Gasteiger partial charge on any atom is 0.411 e. The third-order valence-corrected chi connectivity index (χ3v) is 0.559. The first-order chi connectivity index (χ1) is 3.72. The van der Waals surface area contributed by atoms with Crippen LogP contribution in [0.5, 0.6) is 0 Å². The average Bonchev–Trinajstić information content (AvgIpc) is 1.69. The van der Waals surface area contributed by atoms with Crippen LogP contribution in [0.1, 0.15) is 0 Å². The largest absolute Gasteiger partial charge is 0.465 e. The Bertz CT molecular complexity index is 85.1. The normalized spacial score (nSPS) is 7.78. The lowest BCUT2D eigenvalue weighted by atomic mass is 10.9. The molecule has 0 rings (SSSR count). The van der Waals surface area contributed by atoms with Gasteiger partial charge in [0.05, 0.1) is 0 Å². The summed E-state index contributed by atoms with van der Waals surface area (Å²) in [5.74, 6) is 0. The van der Waals surface area contributed by atoms with Crippen LogP contribution >= 0.6 is 0 Å². The molecule has 0 aliphatic carbocycles. The molecule has 0 fully saturated rings. The Morgan fingerprint density at radius 3 is 1.78 bits per heavy atom. The first kappa shape index (κ1) is 10.9. The summed E-state index contributed by atoms with van der Waals surface area (Å²) in [4.78, 5) is 9.61. The molecular formula is C3H6F3NO2. The van der Waals surface area contributed by atoms with Gasteiger partial charge in [0.1, 0.15) is 0 Å². The van der Waals surface area contributed by atoms with Crippen LogP contribution in [-0.2, 0) is 0 Å². The van der Waals surface area contributed by atoms with Gasteiger partial charge in [-0.2, -0.15) is 0 Å². The Hall–Kier alpha value is -0.940. The van der Waals surface area contributed by atoms with E-state index in [1.807, 2.05) is 0 Å². The molecule has 56 valence electrons. The highest BCUT2D eigenvalue weighted by atomic mass is 19.1. The molecule has 9 heavy (non-hydrogen) atoms. The van der Waals surface area contributed by atoms with Crippen molar-refractivity contribution in [1.82, 2.24) is 4.90 Å². The first-order valence-corrected chi connectivity index (χ1v) is 1.82. The fourth-order valence-electron chi connectivity index (χ4n) is 0.134. The zero-order chi connectivity index (χ0) is 6.57. The van der Waals surface area contributed by atoms with Crippen LogP contribution in [0.3, 0.4) is 0 Å². The minimum absolute atomic E-state index is 0. The lowest BCUT2D eigenvalue weighted by Gasteiger charge is -2.07. The summed E-state index contributed by atoms with van der Waals surface area (Å²) >= 11 is 0. The van der Waals surface area contributed by atoms with Crippen LogP contribution in [0.2, 0.25) is 0 Å². The summed E-state index contributed by atoms with van der Waals surface area (Å²) in [6.45, 7) is -2.60. The van der Waals surface area contributed by atoms with Crippen LogP contribution < -0.4 is 0 Å². The van der Waals surface area contributed by atoms with Crippen molar-refractivity contribution < 1.29 is 23.4 Å². The fraction of sp³-hybridized carbons (Fsp3) is 0.667. The Morgan fingerprint density at radius 1 is 1.44 bits per heavy atom. The molecule has 0 aliphatic rings. The van der Waals surface area contributed by atoms with E-state index in [9.17, 15) is 13.6 Å². The van der Waals surface area contributed by atoms with Crippen molar-refractivity contribution in [3.63, 3.8) is 0 Å². The minimum Gasteiger partial charge on any atom is -0.465 e. The van der Waals surface area contributed by atoms with Gasteiger partial charge in [-0.1, -0.05) is 0 Å². The van der Waals surface area contributed by atoms with Gasteiger partial charge in [0.15, 0.2) is 13.6 Å². The fourth-order valence-corrected chi connectivity index (χ4v) is 0.134. The molecule has 0 unspecified atom stereocenters. The molecule has 1 amide bonds. The van der Waals surface area contributed by atoms with Crippen LogP contribution in [0.25, 0.3) is 0 Å². The number of hydrogen-bond donors (Lipinski definition) is 1. The number of hydrogen-bond acceptors (Lipinski definition) is 1. The maximum atomic E-state index is 11.2. The lowest BCUT2D eigenvalue weighted by molar-refractivity contribution is 0.0973. The van der Waals surface area contributed by atoms with E-state index >= 15 is 0 Å². The van der Waals surface area contributed by atoms with E-state index in [4.69, 9.17) is 5.11 Å². The van der Waals surface area contributed by atoms with Gasteiger partial charge in [-0.05, 0) is 0 Å². The molecule has 0 aromatic heterocycles. The molecule has 0 atom stereocenters. The number of nitrogens with zero attached hydrogens (tertiary/aromatic N) is 1. The summed E-state index contributed by atoms with van der Waals surface area (Å²) < 4.78 is 22.4. The minimum atomic E-state index is -1.59. The molecule has 1 N–H and O–H groups in total. The van der Waals surface area contributed by atoms with E-state index in [1.54, 1.807) is 0 Å². The second-order valence-electron chi connectivity index (χ2n) is 1.06. The molecule has 3 nitrogen and oxygen atoms in total. The third-order valence-electron chi connectivity index (χ3n) is 0.559. The summed E-state index contributed by atoms with van der Waals surface area (Å²) in [5.41, 5.74) is 0. The molecule has 6 heteroatoms. The SMILES string of the molecule is F.O=C(O)N(CF)CF. The number of carbonyl (C=O) groups is 1. The van der Waals surface area contributed by atoms with E-state index in [0.717, 1.165) is 0 Å². The van der Waals surface area contributed by atoms with Gasteiger partial charge in [0, 0.05) is 0 Å². The monoisotopic (exact) mass is 145 g/mol. The molecule has 0 spiro atoms.